The van der Waals surface area contributed by atoms with Gasteiger partial charge in [0.1, 0.15) is 5.75 Å². The Morgan fingerprint density at radius 2 is 1.86 bits per heavy atom. The maximum absolute atomic E-state index is 11.3. The van der Waals surface area contributed by atoms with Crippen LogP contribution < -0.4 is 4.74 Å². The second kappa shape index (κ2) is 4.13. The minimum Gasteiger partial charge on any atom is -0.496 e. The first kappa shape index (κ1) is 11.2. The van der Waals surface area contributed by atoms with Crippen molar-refractivity contribution in [2.75, 3.05) is 7.11 Å². The molecule has 0 N–H and O–H groups in total. The summed E-state index contributed by atoms with van der Waals surface area (Å²) >= 11 is 2.96. The van der Waals surface area contributed by atoms with Gasteiger partial charge in [0, 0.05) is 0 Å². The minimum atomic E-state index is -0.130. The number of benzene rings is 1. The van der Waals surface area contributed by atoms with Crippen LogP contribution in [0.25, 0.3) is 0 Å². The van der Waals surface area contributed by atoms with Crippen LogP contribution in [0.3, 0.4) is 0 Å². The quantitative estimate of drug-likeness (QED) is 0.761. The van der Waals surface area contributed by atoms with E-state index in [1.807, 2.05) is 26.8 Å². The molecule has 0 saturated carbocycles. The van der Waals surface area contributed by atoms with Crippen LogP contribution in [0.5, 0.6) is 5.75 Å². The lowest BCUT2D eigenvalue weighted by Gasteiger charge is -2.13. The van der Waals surface area contributed by atoms with Crippen molar-refractivity contribution in [3.8, 4) is 5.75 Å². The molecule has 1 rings (SSSR count). The van der Waals surface area contributed by atoms with E-state index in [1.54, 1.807) is 7.11 Å². The summed E-state index contributed by atoms with van der Waals surface area (Å²) in [5, 5.41) is 0. The fourth-order valence-corrected chi connectivity index (χ4v) is 2.04. The molecule has 0 radical (unpaired) electrons. The predicted octanol–water partition coefficient (Wildman–Crippen LogP) is 3.16. The molecule has 1 aromatic carbocycles. The molecular weight excluding hydrogens is 244 g/mol. The van der Waals surface area contributed by atoms with Gasteiger partial charge in [-0.3, -0.25) is 4.79 Å². The molecule has 0 saturated heterocycles. The molecule has 76 valence electrons. The fraction of sp³-hybridized carbons (Fsp3) is 0.364. The van der Waals surface area contributed by atoms with Crippen LogP contribution >= 0.6 is 15.9 Å². The first-order valence-electron chi connectivity index (χ1n) is 4.33. The second-order valence-electron chi connectivity index (χ2n) is 3.32. The zero-order chi connectivity index (χ0) is 10.9. The Kier molecular flexibility index (Phi) is 3.32. The maximum atomic E-state index is 11.3. The molecule has 0 heterocycles. The van der Waals surface area contributed by atoms with Crippen LogP contribution in [-0.2, 0) is 0 Å². The highest BCUT2D eigenvalue weighted by atomic mass is 79.9. The molecule has 0 fully saturated rings. The van der Waals surface area contributed by atoms with Crippen molar-refractivity contribution in [2.24, 2.45) is 0 Å². The molecular formula is C11H13BrO2. The lowest BCUT2D eigenvalue weighted by molar-refractivity contribution is 0.109. The zero-order valence-electron chi connectivity index (χ0n) is 8.77. The van der Waals surface area contributed by atoms with Crippen LogP contribution in [0.15, 0.2) is 6.07 Å². The number of aryl methyl sites for hydroxylation is 2. The number of carbonyl (C=O) groups is 1. The molecule has 0 aliphatic carbocycles. The summed E-state index contributed by atoms with van der Waals surface area (Å²) in [6.45, 7) is 5.86. The summed E-state index contributed by atoms with van der Waals surface area (Å²) in [7, 11) is 1.58. The maximum Gasteiger partial charge on any atom is 0.232 e. The van der Waals surface area contributed by atoms with E-state index in [2.05, 4.69) is 15.9 Å². The van der Waals surface area contributed by atoms with Crippen LogP contribution in [0.4, 0.5) is 0 Å². The molecule has 14 heavy (non-hydrogen) atoms. The second-order valence-corrected chi connectivity index (χ2v) is 4.04. The van der Waals surface area contributed by atoms with Gasteiger partial charge in [0.2, 0.25) is 4.69 Å². The van der Waals surface area contributed by atoms with Crippen LogP contribution in [0.1, 0.15) is 27.0 Å². The number of hydrogen-bond donors (Lipinski definition) is 0. The predicted molar refractivity (Wildman–Crippen MR) is 60.5 cm³/mol. The number of methoxy groups -OCH3 is 1. The van der Waals surface area contributed by atoms with E-state index in [0.29, 0.717) is 11.3 Å². The Bertz CT molecular complexity index is 383. The van der Waals surface area contributed by atoms with Gasteiger partial charge in [-0.15, -0.1) is 0 Å². The third-order valence-electron chi connectivity index (χ3n) is 2.39. The standard InChI is InChI=1S/C11H13BrO2/c1-6-5-7(2)9(11(12)13)10(14-4)8(6)3/h5H,1-4H3. The third kappa shape index (κ3) is 1.82. The Balaban J connectivity index is 3.55. The van der Waals surface area contributed by atoms with E-state index in [9.17, 15) is 4.79 Å². The zero-order valence-corrected chi connectivity index (χ0v) is 10.4. The van der Waals surface area contributed by atoms with E-state index in [0.717, 1.165) is 16.7 Å². The molecule has 0 aromatic heterocycles. The summed E-state index contributed by atoms with van der Waals surface area (Å²) in [5.41, 5.74) is 3.71. The van der Waals surface area contributed by atoms with E-state index < -0.39 is 0 Å². The van der Waals surface area contributed by atoms with Crippen molar-refractivity contribution >= 4 is 20.6 Å². The van der Waals surface area contributed by atoms with Crippen molar-refractivity contribution < 1.29 is 9.53 Å². The third-order valence-corrected chi connectivity index (χ3v) is 2.78. The number of rotatable bonds is 2. The topological polar surface area (TPSA) is 26.3 Å². The minimum absolute atomic E-state index is 0.130. The number of carbonyl (C=O) groups excluding carboxylic acids is 1. The summed E-state index contributed by atoms with van der Waals surface area (Å²) in [4.78, 5) is 11.3. The lowest BCUT2D eigenvalue weighted by atomic mass is 10.00. The molecule has 0 aliphatic rings. The summed E-state index contributed by atoms with van der Waals surface area (Å²) in [5.74, 6) is 0.671. The lowest BCUT2D eigenvalue weighted by Crippen LogP contribution is -2.02. The molecule has 0 amide bonds. The molecule has 0 bridgehead atoms. The van der Waals surface area contributed by atoms with Gasteiger partial charge >= 0.3 is 0 Å². The van der Waals surface area contributed by atoms with E-state index in [4.69, 9.17) is 4.74 Å². The average molecular weight is 257 g/mol. The van der Waals surface area contributed by atoms with Gasteiger partial charge in [-0.25, -0.2) is 0 Å². The van der Waals surface area contributed by atoms with Gasteiger partial charge in [0.15, 0.2) is 0 Å². The first-order chi connectivity index (χ1) is 6.49. The Morgan fingerprint density at radius 3 is 2.29 bits per heavy atom. The number of halogens is 1. The Hall–Kier alpha value is -0.830. The first-order valence-corrected chi connectivity index (χ1v) is 5.13. The smallest absolute Gasteiger partial charge is 0.232 e. The van der Waals surface area contributed by atoms with Gasteiger partial charge in [-0.2, -0.15) is 0 Å². The van der Waals surface area contributed by atoms with Crippen molar-refractivity contribution in [3.05, 3.63) is 28.3 Å². The van der Waals surface area contributed by atoms with Gasteiger partial charge < -0.3 is 4.74 Å². The van der Waals surface area contributed by atoms with Gasteiger partial charge in [0.05, 0.1) is 12.7 Å². The number of hydrogen-bond acceptors (Lipinski definition) is 2. The normalized spacial score (nSPS) is 10.1. The number of ether oxygens (including phenoxy) is 1. The SMILES string of the molecule is COc1c(C)c(C)cc(C)c1C(=O)Br. The molecule has 0 unspecified atom stereocenters. The van der Waals surface area contributed by atoms with Gasteiger partial charge in [0.25, 0.3) is 0 Å². The summed E-state index contributed by atoms with van der Waals surface area (Å²) in [6, 6.07) is 1.99. The highest BCUT2D eigenvalue weighted by molar-refractivity contribution is 9.18. The molecule has 3 heteroatoms. The highest BCUT2D eigenvalue weighted by Gasteiger charge is 2.16. The highest BCUT2D eigenvalue weighted by Crippen LogP contribution is 2.30. The van der Waals surface area contributed by atoms with Crippen molar-refractivity contribution in [1.29, 1.82) is 0 Å². The molecule has 0 aliphatic heterocycles. The largest absolute Gasteiger partial charge is 0.496 e. The summed E-state index contributed by atoms with van der Waals surface area (Å²) in [6.07, 6.45) is 0. The fourth-order valence-electron chi connectivity index (χ4n) is 1.55. The monoisotopic (exact) mass is 256 g/mol. The van der Waals surface area contributed by atoms with E-state index >= 15 is 0 Å². The summed E-state index contributed by atoms with van der Waals surface area (Å²) < 4.78 is 5.12. The van der Waals surface area contributed by atoms with Gasteiger partial charge in [-0.1, -0.05) is 6.07 Å². The van der Waals surface area contributed by atoms with Gasteiger partial charge in [-0.05, 0) is 53.4 Å². The van der Waals surface area contributed by atoms with Crippen LogP contribution in [-0.4, -0.2) is 11.8 Å². The molecule has 1 aromatic rings. The average Bonchev–Trinajstić information content (AvgIpc) is 2.09. The van der Waals surface area contributed by atoms with Crippen LogP contribution in [0.2, 0.25) is 0 Å². The van der Waals surface area contributed by atoms with Crippen molar-refractivity contribution in [2.45, 2.75) is 20.8 Å². The van der Waals surface area contributed by atoms with Crippen molar-refractivity contribution in [3.63, 3.8) is 0 Å². The molecule has 0 spiro atoms. The molecule has 2 nitrogen and oxygen atoms in total. The Morgan fingerprint density at radius 1 is 1.29 bits per heavy atom. The Labute approximate surface area is 92.4 Å². The van der Waals surface area contributed by atoms with E-state index in [-0.39, 0.29) is 4.69 Å². The molecule has 0 atom stereocenters. The van der Waals surface area contributed by atoms with E-state index in [1.165, 1.54) is 0 Å². The van der Waals surface area contributed by atoms with Crippen molar-refractivity contribution in [1.82, 2.24) is 0 Å². The van der Waals surface area contributed by atoms with Crippen LogP contribution in [0, 0.1) is 20.8 Å².